The first kappa shape index (κ1) is 19.0. The van der Waals surface area contributed by atoms with Crippen LogP contribution in [0.4, 0.5) is 16.2 Å². The van der Waals surface area contributed by atoms with Crippen LogP contribution in [0, 0.1) is 0 Å². The Hall–Kier alpha value is -2.81. The van der Waals surface area contributed by atoms with Crippen molar-refractivity contribution < 1.29 is 19.1 Å². The van der Waals surface area contributed by atoms with Gasteiger partial charge in [0, 0.05) is 38.8 Å². The van der Waals surface area contributed by atoms with E-state index in [1.807, 2.05) is 11.8 Å². The third kappa shape index (κ3) is 4.13. The van der Waals surface area contributed by atoms with Crippen LogP contribution < -0.4 is 20.7 Å². The van der Waals surface area contributed by atoms with Crippen LogP contribution in [0.25, 0.3) is 0 Å². The zero-order chi connectivity index (χ0) is 19.6. The van der Waals surface area contributed by atoms with Gasteiger partial charge in [-0.25, -0.2) is 4.79 Å². The third-order valence-electron chi connectivity index (χ3n) is 4.97. The van der Waals surface area contributed by atoms with Crippen LogP contribution in [0.2, 0.25) is 0 Å². The molecule has 1 aromatic carbocycles. The van der Waals surface area contributed by atoms with Crippen molar-refractivity contribution in [1.82, 2.24) is 15.1 Å². The van der Waals surface area contributed by atoms with Gasteiger partial charge in [-0.05, 0) is 25.1 Å². The minimum atomic E-state index is -0.364. The Balaban J connectivity index is 1.67. The van der Waals surface area contributed by atoms with Crippen LogP contribution in [0.1, 0.15) is 13.8 Å². The maximum absolute atomic E-state index is 12.8. The molecule has 0 aromatic heterocycles. The van der Waals surface area contributed by atoms with E-state index in [9.17, 15) is 14.4 Å². The monoisotopic (exact) mass is 375 g/mol. The Morgan fingerprint density at radius 3 is 2.78 bits per heavy atom. The number of benzene rings is 1. The number of methoxy groups -OCH3 is 1. The molecule has 0 bridgehead atoms. The molecule has 4 amide bonds. The Bertz CT molecular complexity index is 753. The standard InChI is InChI=1S/C18H25N5O4/c1-11(22-6-7-23-14(10-22)9-19-18(23)26)17(25)21-15-8-13(20-12(2)24)4-5-16(15)27-3/h4-5,8,11,14H,6-7,9-10H2,1-3H3,(H,19,26)(H,20,24)(H,21,25). The number of urea groups is 1. The number of hydrogen-bond acceptors (Lipinski definition) is 5. The highest BCUT2D eigenvalue weighted by atomic mass is 16.5. The Labute approximate surface area is 158 Å². The lowest BCUT2D eigenvalue weighted by Crippen LogP contribution is -2.56. The largest absolute Gasteiger partial charge is 0.495 e. The summed E-state index contributed by atoms with van der Waals surface area (Å²) in [5, 5.41) is 8.41. The first-order chi connectivity index (χ1) is 12.9. The highest BCUT2D eigenvalue weighted by Crippen LogP contribution is 2.28. The van der Waals surface area contributed by atoms with Crippen molar-refractivity contribution in [3.8, 4) is 5.75 Å². The molecule has 2 heterocycles. The lowest BCUT2D eigenvalue weighted by Gasteiger charge is -2.39. The van der Waals surface area contributed by atoms with E-state index in [2.05, 4.69) is 20.9 Å². The smallest absolute Gasteiger partial charge is 0.317 e. The summed E-state index contributed by atoms with van der Waals surface area (Å²) in [4.78, 5) is 39.6. The molecule has 0 spiro atoms. The molecule has 2 unspecified atom stereocenters. The minimum Gasteiger partial charge on any atom is -0.495 e. The molecule has 2 aliphatic rings. The van der Waals surface area contributed by atoms with Crippen LogP contribution in [0.3, 0.4) is 0 Å². The number of anilines is 2. The zero-order valence-electron chi connectivity index (χ0n) is 15.7. The molecule has 2 fully saturated rings. The Morgan fingerprint density at radius 1 is 1.30 bits per heavy atom. The summed E-state index contributed by atoms with van der Waals surface area (Å²) < 4.78 is 5.31. The first-order valence-electron chi connectivity index (χ1n) is 8.94. The molecule has 2 aliphatic heterocycles. The molecule has 146 valence electrons. The highest BCUT2D eigenvalue weighted by molar-refractivity contribution is 5.97. The van der Waals surface area contributed by atoms with Crippen LogP contribution in [-0.2, 0) is 9.59 Å². The average molecular weight is 375 g/mol. The van der Waals surface area contributed by atoms with Gasteiger partial charge >= 0.3 is 6.03 Å². The fraction of sp³-hybridized carbons (Fsp3) is 0.500. The molecule has 0 radical (unpaired) electrons. The second-order valence-electron chi connectivity index (χ2n) is 6.79. The molecule has 2 saturated heterocycles. The molecule has 1 aromatic rings. The van der Waals surface area contributed by atoms with E-state index in [-0.39, 0.29) is 29.9 Å². The fourth-order valence-electron chi connectivity index (χ4n) is 3.47. The summed E-state index contributed by atoms with van der Waals surface area (Å²) in [6, 6.07) is 4.78. The van der Waals surface area contributed by atoms with Gasteiger partial charge in [-0.2, -0.15) is 0 Å². The quantitative estimate of drug-likeness (QED) is 0.703. The van der Waals surface area contributed by atoms with Crippen LogP contribution in [-0.4, -0.2) is 73.0 Å². The van der Waals surface area contributed by atoms with E-state index in [0.29, 0.717) is 43.3 Å². The molecule has 3 N–H and O–H groups in total. The van der Waals surface area contributed by atoms with E-state index in [1.165, 1.54) is 14.0 Å². The van der Waals surface area contributed by atoms with Crippen molar-refractivity contribution in [3.05, 3.63) is 18.2 Å². The number of hydrogen-bond donors (Lipinski definition) is 3. The molecule has 0 aliphatic carbocycles. The minimum absolute atomic E-state index is 0.0312. The lowest BCUT2D eigenvalue weighted by atomic mass is 10.1. The van der Waals surface area contributed by atoms with Crippen molar-refractivity contribution in [1.29, 1.82) is 0 Å². The van der Waals surface area contributed by atoms with Crippen molar-refractivity contribution in [2.45, 2.75) is 25.9 Å². The number of amides is 4. The molecule has 2 atom stereocenters. The van der Waals surface area contributed by atoms with Gasteiger partial charge in [0.05, 0.1) is 24.9 Å². The molecule has 9 nitrogen and oxygen atoms in total. The van der Waals surface area contributed by atoms with Crippen LogP contribution in [0.5, 0.6) is 5.75 Å². The maximum atomic E-state index is 12.8. The average Bonchev–Trinajstić information content (AvgIpc) is 3.01. The Kier molecular flexibility index (Phi) is 5.50. The van der Waals surface area contributed by atoms with Crippen molar-refractivity contribution in [2.24, 2.45) is 0 Å². The van der Waals surface area contributed by atoms with E-state index >= 15 is 0 Å². The number of fused-ring (bicyclic) bond motifs is 1. The zero-order valence-corrected chi connectivity index (χ0v) is 15.7. The maximum Gasteiger partial charge on any atom is 0.317 e. The van der Waals surface area contributed by atoms with Crippen molar-refractivity contribution in [2.75, 3.05) is 43.9 Å². The van der Waals surface area contributed by atoms with Gasteiger partial charge in [0.2, 0.25) is 11.8 Å². The summed E-state index contributed by atoms with van der Waals surface area (Å²) in [6.45, 7) is 5.77. The van der Waals surface area contributed by atoms with E-state index < -0.39 is 0 Å². The van der Waals surface area contributed by atoms with E-state index in [4.69, 9.17) is 4.74 Å². The van der Waals surface area contributed by atoms with Gasteiger partial charge in [-0.3, -0.25) is 14.5 Å². The number of nitrogens with zero attached hydrogens (tertiary/aromatic N) is 2. The molecular weight excluding hydrogens is 350 g/mol. The number of carbonyl (C=O) groups is 3. The SMILES string of the molecule is COc1ccc(NC(C)=O)cc1NC(=O)C(C)N1CCN2C(=O)NCC2C1. The Morgan fingerprint density at radius 2 is 2.07 bits per heavy atom. The van der Waals surface area contributed by atoms with E-state index in [1.54, 1.807) is 18.2 Å². The normalized spacial score (nSPS) is 20.5. The molecule has 0 saturated carbocycles. The predicted octanol–water partition coefficient (Wildman–Crippen LogP) is 0.690. The van der Waals surface area contributed by atoms with E-state index in [0.717, 1.165) is 0 Å². The molecule has 3 rings (SSSR count). The number of ether oxygens (including phenoxy) is 1. The lowest BCUT2D eigenvalue weighted by molar-refractivity contribution is -0.121. The number of piperazine rings is 1. The number of rotatable bonds is 5. The van der Waals surface area contributed by atoms with Crippen LogP contribution in [0.15, 0.2) is 18.2 Å². The molecule has 27 heavy (non-hydrogen) atoms. The fourth-order valence-corrected chi connectivity index (χ4v) is 3.47. The summed E-state index contributed by atoms with van der Waals surface area (Å²) in [5.41, 5.74) is 1.08. The number of nitrogens with one attached hydrogen (secondary N) is 3. The van der Waals surface area contributed by atoms with Gasteiger partial charge in [0.1, 0.15) is 5.75 Å². The summed E-state index contributed by atoms with van der Waals surface area (Å²) in [6.07, 6.45) is 0. The van der Waals surface area contributed by atoms with Gasteiger partial charge < -0.3 is 25.6 Å². The van der Waals surface area contributed by atoms with Crippen molar-refractivity contribution >= 4 is 29.2 Å². The second-order valence-corrected chi connectivity index (χ2v) is 6.79. The number of carbonyl (C=O) groups excluding carboxylic acids is 3. The summed E-state index contributed by atoms with van der Waals surface area (Å²) >= 11 is 0. The molecular formula is C18H25N5O4. The summed E-state index contributed by atoms with van der Waals surface area (Å²) in [7, 11) is 1.52. The van der Waals surface area contributed by atoms with Gasteiger partial charge in [0.25, 0.3) is 0 Å². The topological polar surface area (TPSA) is 103 Å². The predicted molar refractivity (Wildman–Crippen MR) is 101 cm³/mol. The summed E-state index contributed by atoms with van der Waals surface area (Å²) in [5.74, 6) is 0.155. The van der Waals surface area contributed by atoms with Gasteiger partial charge in [-0.15, -0.1) is 0 Å². The van der Waals surface area contributed by atoms with Gasteiger partial charge in [-0.1, -0.05) is 0 Å². The second kappa shape index (κ2) is 7.83. The third-order valence-corrected chi connectivity index (χ3v) is 4.97. The van der Waals surface area contributed by atoms with Gasteiger partial charge in [0.15, 0.2) is 0 Å². The highest BCUT2D eigenvalue weighted by Gasteiger charge is 2.37. The first-order valence-corrected chi connectivity index (χ1v) is 8.94. The van der Waals surface area contributed by atoms with Crippen molar-refractivity contribution in [3.63, 3.8) is 0 Å². The van der Waals surface area contributed by atoms with Crippen LogP contribution >= 0.6 is 0 Å². The molecule has 9 heteroatoms.